The van der Waals surface area contributed by atoms with Crippen molar-refractivity contribution in [1.29, 1.82) is 0 Å². The first-order chi connectivity index (χ1) is 11.4. The van der Waals surface area contributed by atoms with Crippen molar-refractivity contribution >= 4 is 29.1 Å². The Labute approximate surface area is 147 Å². The Hall–Kier alpha value is -2.33. The molecule has 0 aromatic heterocycles. The van der Waals surface area contributed by atoms with Gasteiger partial charge in [-0.25, -0.2) is 0 Å². The monoisotopic (exact) mass is 344 g/mol. The van der Waals surface area contributed by atoms with Crippen LogP contribution in [0.4, 0.5) is 5.69 Å². The minimum absolute atomic E-state index is 0.254. The Morgan fingerprint density at radius 1 is 1.08 bits per heavy atom. The lowest BCUT2D eigenvalue weighted by Gasteiger charge is -2.14. The Morgan fingerprint density at radius 2 is 1.75 bits per heavy atom. The molecule has 0 aliphatic rings. The predicted molar refractivity (Wildman–Crippen MR) is 97.2 cm³/mol. The highest BCUT2D eigenvalue weighted by molar-refractivity contribution is 6.40. The highest BCUT2D eigenvalue weighted by Crippen LogP contribution is 2.20. The van der Waals surface area contributed by atoms with E-state index < -0.39 is 11.8 Å². The lowest BCUT2D eigenvalue weighted by Crippen LogP contribution is -2.36. The highest BCUT2D eigenvalue weighted by Gasteiger charge is 2.17. The first kappa shape index (κ1) is 18.0. The molecule has 0 spiro atoms. The maximum absolute atomic E-state index is 12.0. The minimum Gasteiger partial charge on any atom is -0.341 e. The lowest BCUT2D eigenvalue weighted by molar-refractivity contribution is -0.136. The molecule has 0 fully saturated rings. The zero-order valence-electron chi connectivity index (χ0n) is 14.0. The molecule has 0 bridgehead atoms. The van der Waals surface area contributed by atoms with Crippen LogP contribution in [-0.4, -0.2) is 11.8 Å². The van der Waals surface area contributed by atoms with Gasteiger partial charge in [-0.1, -0.05) is 48.9 Å². The largest absolute Gasteiger partial charge is 0.341 e. The van der Waals surface area contributed by atoms with E-state index in [0.717, 1.165) is 17.5 Å². The third kappa shape index (κ3) is 4.59. The number of rotatable bonds is 4. The van der Waals surface area contributed by atoms with Crippen LogP contribution in [0, 0.1) is 6.92 Å². The number of aryl methyl sites for hydroxylation is 2. The van der Waals surface area contributed by atoms with Crippen LogP contribution in [-0.2, 0) is 16.0 Å². The second kappa shape index (κ2) is 7.97. The number of carbonyl (C=O) groups is 2. The molecule has 1 atom stereocenters. The van der Waals surface area contributed by atoms with Crippen LogP contribution in [0.25, 0.3) is 0 Å². The molecule has 5 heteroatoms. The Kier molecular flexibility index (Phi) is 5.99. The highest BCUT2D eigenvalue weighted by atomic mass is 35.5. The normalized spacial score (nSPS) is 11.7. The molecule has 2 amide bonds. The fraction of sp³-hybridized carbons (Fsp3) is 0.263. The summed E-state index contributed by atoms with van der Waals surface area (Å²) in [4.78, 5) is 24.1. The number of halogens is 1. The summed E-state index contributed by atoms with van der Waals surface area (Å²) in [6, 6.07) is 12.8. The van der Waals surface area contributed by atoms with Crippen LogP contribution < -0.4 is 10.6 Å². The van der Waals surface area contributed by atoms with Gasteiger partial charge in [-0.05, 0) is 49.1 Å². The molecule has 0 radical (unpaired) electrons. The van der Waals surface area contributed by atoms with Gasteiger partial charge >= 0.3 is 11.8 Å². The molecule has 2 N–H and O–H groups in total. The average molecular weight is 345 g/mol. The molecule has 2 aromatic rings. The summed E-state index contributed by atoms with van der Waals surface area (Å²) in [5.74, 6) is -1.40. The smallest absolute Gasteiger partial charge is 0.313 e. The number of hydrogen-bond donors (Lipinski definition) is 2. The average Bonchev–Trinajstić information content (AvgIpc) is 2.58. The summed E-state index contributed by atoms with van der Waals surface area (Å²) in [6.45, 7) is 5.79. The summed E-state index contributed by atoms with van der Waals surface area (Å²) in [5, 5.41) is 5.78. The molecule has 0 heterocycles. The molecule has 0 aliphatic heterocycles. The van der Waals surface area contributed by atoms with E-state index in [9.17, 15) is 9.59 Å². The van der Waals surface area contributed by atoms with Crippen molar-refractivity contribution < 1.29 is 9.59 Å². The van der Waals surface area contributed by atoms with Crippen molar-refractivity contribution in [1.82, 2.24) is 5.32 Å². The molecule has 0 aliphatic carbocycles. The maximum atomic E-state index is 12.0. The van der Waals surface area contributed by atoms with Crippen molar-refractivity contribution in [3.05, 3.63) is 64.2 Å². The van der Waals surface area contributed by atoms with Crippen molar-refractivity contribution in [2.75, 3.05) is 5.32 Å². The van der Waals surface area contributed by atoms with Crippen LogP contribution in [0.15, 0.2) is 42.5 Å². The Bertz CT molecular complexity index is 742. The number of amides is 2. The SMILES string of the molecule is CCc1ccc(C(C)NC(=O)C(=O)Nc2ccc(C)c(Cl)c2)cc1. The van der Waals surface area contributed by atoms with Crippen molar-refractivity contribution in [2.24, 2.45) is 0 Å². The first-order valence-electron chi connectivity index (χ1n) is 7.87. The van der Waals surface area contributed by atoms with Crippen LogP contribution in [0.1, 0.15) is 36.6 Å². The van der Waals surface area contributed by atoms with Crippen LogP contribution in [0.2, 0.25) is 5.02 Å². The van der Waals surface area contributed by atoms with Crippen LogP contribution in [0.3, 0.4) is 0 Å². The van der Waals surface area contributed by atoms with Crippen molar-refractivity contribution in [3.8, 4) is 0 Å². The van der Waals surface area contributed by atoms with Gasteiger partial charge in [-0.3, -0.25) is 9.59 Å². The van der Waals surface area contributed by atoms with E-state index in [1.807, 2.05) is 38.1 Å². The van der Waals surface area contributed by atoms with Crippen molar-refractivity contribution in [3.63, 3.8) is 0 Å². The second-order valence-corrected chi connectivity index (χ2v) is 6.12. The van der Waals surface area contributed by atoms with Crippen LogP contribution >= 0.6 is 11.6 Å². The van der Waals surface area contributed by atoms with Gasteiger partial charge in [0.05, 0.1) is 6.04 Å². The van der Waals surface area contributed by atoms with Gasteiger partial charge in [0.2, 0.25) is 0 Å². The number of benzene rings is 2. The van der Waals surface area contributed by atoms with E-state index >= 15 is 0 Å². The fourth-order valence-corrected chi connectivity index (χ4v) is 2.43. The predicted octanol–water partition coefficient (Wildman–Crippen LogP) is 4.03. The van der Waals surface area contributed by atoms with E-state index in [-0.39, 0.29) is 6.04 Å². The molecule has 0 saturated carbocycles. The van der Waals surface area contributed by atoms with Crippen LogP contribution in [0.5, 0.6) is 0 Å². The molecule has 2 rings (SSSR count). The zero-order chi connectivity index (χ0) is 17.7. The second-order valence-electron chi connectivity index (χ2n) is 5.71. The minimum atomic E-state index is -0.716. The van der Waals surface area contributed by atoms with Gasteiger partial charge in [0.15, 0.2) is 0 Å². The summed E-state index contributed by atoms with van der Waals surface area (Å²) in [5.41, 5.74) is 3.58. The molecule has 4 nitrogen and oxygen atoms in total. The first-order valence-corrected chi connectivity index (χ1v) is 8.25. The number of hydrogen-bond acceptors (Lipinski definition) is 2. The zero-order valence-corrected chi connectivity index (χ0v) is 14.8. The van der Waals surface area contributed by atoms with Gasteiger partial charge in [-0.15, -0.1) is 0 Å². The van der Waals surface area contributed by atoms with Gasteiger partial charge in [0, 0.05) is 10.7 Å². The summed E-state index contributed by atoms with van der Waals surface area (Å²) >= 11 is 6.01. The number of anilines is 1. The molecule has 1 unspecified atom stereocenters. The Balaban J connectivity index is 1.97. The maximum Gasteiger partial charge on any atom is 0.313 e. The number of carbonyl (C=O) groups excluding carboxylic acids is 2. The molecular weight excluding hydrogens is 324 g/mol. The molecule has 2 aromatic carbocycles. The van der Waals surface area contributed by atoms with Gasteiger partial charge in [-0.2, -0.15) is 0 Å². The van der Waals surface area contributed by atoms with Gasteiger partial charge in [0.25, 0.3) is 0 Å². The van der Waals surface area contributed by atoms with E-state index in [2.05, 4.69) is 17.6 Å². The summed E-state index contributed by atoms with van der Waals surface area (Å²) in [6.07, 6.45) is 0.961. The fourth-order valence-electron chi connectivity index (χ4n) is 2.25. The van der Waals surface area contributed by atoms with Gasteiger partial charge in [0.1, 0.15) is 0 Å². The van der Waals surface area contributed by atoms with E-state index in [1.165, 1.54) is 5.56 Å². The van der Waals surface area contributed by atoms with Gasteiger partial charge < -0.3 is 10.6 Å². The van der Waals surface area contributed by atoms with E-state index in [0.29, 0.717) is 10.7 Å². The molecule has 24 heavy (non-hydrogen) atoms. The van der Waals surface area contributed by atoms with Crippen molar-refractivity contribution in [2.45, 2.75) is 33.2 Å². The summed E-state index contributed by atoms with van der Waals surface area (Å²) < 4.78 is 0. The summed E-state index contributed by atoms with van der Waals surface area (Å²) in [7, 11) is 0. The van der Waals surface area contributed by atoms with E-state index in [4.69, 9.17) is 11.6 Å². The van der Waals surface area contributed by atoms with E-state index in [1.54, 1.807) is 18.2 Å². The standard InChI is InChI=1S/C19H21ClN2O2/c1-4-14-6-8-15(9-7-14)13(3)21-18(23)19(24)22-16-10-5-12(2)17(20)11-16/h5-11,13H,4H2,1-3H3,(H,21,23)(H,22,24). The third-order valence-electron chi connectivity index (χ3n) is 3.87. The number of nitrogens with one attached hydrogen (secondary N) is 2. The molecular formula is C19H21ClN2O2. The third-order valence-corrected chi connectivity index (χ3v) is 4.28. The molecule has 0 saturated heterocycles. The topological polar surface area (TPSA) is 58.2 Å². The lowest BCUT2D eigenvalue weighted by atomic mass is 10.1. The quantitative estimate of drug-likeness (QED) is 0.823. The molecule has 126 valence electrons. The Morgan fingerprint density at radius 3 is 2.33 bits per heavy atom.